The Morgan fingerprint density at radius 3 is 2.62 bits per heavy atom. The van der Waals surface area contributed by atoms with Crippen LogP contribution in [0.1, 0.15) is 31.4 Å². The van der Waals surface area contributed by atoms with Gasteiger partial charge in [0, 0.05) is 36.9 Å². The first-order valence-electron chi connectivity index (χ1n) is 9.27. The van der Waals surface area contributed by atoms with Crippen LogP contribution in [-0.4, -0.2) is 55.0 Å². The molecule has 1 saturated heterocycles. The van der Waals surface area contributed by atoms with Gasteiger partial charge in [0.05, 0.1) is 0 Å². The lowest BCUT2D eigenvalue weighted by atomic mass is 10.0. The van der Waals surface area contributed by atoms with Crippen molar-refractivity contribution < 1.29 is 0 Å². The SMILES string of the molecule is Cc1cc(N(C2CC2)C2CCN(c3ccc4nncn4n3)CC2)ncn1. The zero-order valence-corrected chi connectivity index (χ0v) is 14.9. The summed E-state index contributed by atoms with van der Waals surface area (Å²) in [7, 11) is 0. The third kappa shape index (κ3) is 2.85. The number of aromatic nitrogens is 6. The lowest BCUT2D eigenvalue weighted by Gasteiger charge is -2.39. The maximum Gasteiger partial charge on any atom is 0.177 e. The first-order chi connectivity index (χ1) is 12.8. The molecule has 1 aliphatic heterocycles. The highest BCUT2D eigenvalue weighted by molar-refractivity contribution is 5.47. The summed E-state index contributed by atoms with van der Waals surface area (Å²) in [5, 5.41) is 12.6. The van der Waals surface area contributed by atoms with Crippen LogP contribution in [0.3, 0.4) is 0 Å². The molecule has 3 aromatic heterocycles. The van der Waals surface area contributed by atoms with Gasteiger partial charge >= 0.3 is 0 Å². The van der Waals surface area contributed by atoms with E-state index in [2.05, 4.69) is 41.1 Å². The van der Waals surface area contributed by atoms with Crippen molar-refractivity contribution in [3.8, 4) is 0 Å². The van der Waals surface area contributed by atoms with Gasteiger partial charge in [0.25, 0.3) is 0 Å². The third-order valence-electron chi connectivity index (χ3n) is 5.32. The first kappa shape index (κ1) is 15.5. The number of piperidine rings is 1. The van der Waals surface area contributed by atoms with Gasteiger partial charge in [-0.1, -0.05) is 0 Å². The predicted molar refractivity (Wildman–Crippen MR) is 98.3 cm³/mol. The fourth-order valence-corrected chi connectivity index (χ4v) is 3.87. The highest BCUT2D eigenvalue weighted by atomic mass is 15.4. The molecule has 1 aliphatic carbocycles. The summed E-state index contributed by atoms with van der Waals surface area (Å²) < 4.78 is 1.74. The van der Waals surface area contributed by atoms with Crippen LogP contribution in [-0.2, 0) is 0 Å². The van der Waals surface area contributed by atoms with E-state index in [-0.39, 0.29) is 0 Å². The van der Waals surface area contributed by atoms with Gasteiger partial charge in [0.15, 0.2) is 5.65 Å². The molecule has 1 saturated carbocycles. The van der Waals surface area contributed by atoms with E-state index in [1.165, 1.54) is 12.8 Å². The van der Waals surface area contributed by atoms with E-state index in [1.54, 1.807) is 17.2 Å². The largest absolute Gasteiger partial charge is 0.355 e. The van der Waals surface area contributed by atoms with Gasteiger partial charge in [-0.05, 0) is 44.7 Å². The van der Waals surface area contributed by atoms with Crippen LogP contribution >= 0.6 is 0 Å². The van der Waals surface area contributed by atoms with Crippen molar-refractivity contribution in [2.45, 2.75) is 44.7 Å². The van der Waals surface area contributed by atoms with Crippen molar-refractivity contribution in [2.24, 2.45) is 0 Å². The van der Waals surface area contributed by atoms with Crippen LogP contribution < -0.4 is 9.80 Å². The zero-order valence-electron chi connectivity index (χ0n) is 14.9. The lowest BCUT2D eigenvalue weighted by Crippen LogP contribution is -2.46. The molecule has 5 rings (SSSR count). The third-order valence-corrected chi connectivity index (χ3v) is 5.32. The Labute approximate surface area is 151 Å². The highest BCUT2D eigenvalue weighted by Gasteiger charge is 2.36. The molecule has 0 N–H and O–H groups in total. The second kappa shape index (κ2) is 6.19. The van der Waals surface area contributed by atoms with E-state index < -0.39 is 0 Å². The van der Waals surface area contributed by atoms with E-state index in [1.807, 2.05) is 19.1 Å². The summed E-state index contributed by atoms with van der Waals surface area (Å²) in [6.45, 7) is 4.03. The van der Waals surface area contributed by atoms with E-state index in [9.17, 15) is 0 Å². The summed E-state index contributed by atoms with van der Waals surface area (Å²) >= 11 is 0. The van der Waals surface area contributed by atoms with Crippen LogP contribution in [0.15, 0.2) is 30.9 Å². The monoisotopic (exact) mass is 350 g/mol. The summed E-state index contributed by atoms with van der Waals surface area (Å²) in [6, 6.07) is 7.31. The van der Waals surface area contributed by atoms with Crippen molar-refractivity contribution >= 4 is 17.3 Å². The van der Waals surface area contributed by atoms with Crippen LogP contribution in [0.2, 0.25) is 0 Å². The maximum atomic E-state index is 4.63. The van der Waals surface area contributed by atoms with E-state index in [4.69, 9.17) is 0 Å². The summed E-state index contributed by atoms with van der Waals surface area (Å²) in [6.07, 6.45) is 8.11. The van der Waals surface area contributed by atoms with Gasteiger partial charge in [0.2, 0.25) is 0 Å². The molecule has 2 aliphatic rings. The minimum atomic E-state index is 0.534. The van der Waals surface area contributed by atoms with Crippen molar-refractivity contribution in [3.05, 3.63) is 36.5 Å². The highest BCUT2D eigenvalue weighted by Crippen LogP contribution is 2.35. The van der Waals surface area contributed by atoms with Gasteiger partial charge in [0.1, 0.15) is 24.3 Å². The lowest BCUT2D eigenvalue weighted by molar-refractivity contribution is 0.456. The molecule has 0 bridgehead atoms. The molecule has 4 heterocycles. The molecular formula is C18H22N8. The van der Waals surface area contributed by atoms with Crippen molar-refractivity contribution in [2.75, 3.05) is 22.9 Å². The molecule has 0 amide bonds. The van der Waals surface area contributed by atoms with Crippen LogP contribution in [0.4, 0.5) is 11.6 Å². The molecule has 0 radical (unpaired) electrons. The van der Waals surface area contributed by atoms with Gasteiger partial charge in [-0.2, -0.15) is 4.52 Å². The van der Waals surface area contributed by atoms with E-state index in [0.29, 0.717) is 12.1 Å². The molecule has 26 heavy (non-hydrogen) atoms. The van der Waals surface area contributed by atoms with Gasteiger partial charge in [-0.25, -0.2) is 9.97 Å². The Bertz CT molecular complexity index is 910. The molecule has 134 valence electrons. The molecule has 0 unspecified atom stereocenters. The van der Waals surface area contributed by atoms with Crippen LogP contribution in [0, 0.1) is 6.92 Å². The van der Waals surface area contributed by atoms with E-state index >= 15 is 0 Å². The molecule has 8 heteroatoms. The standard InChI is InChI=1S/C18H22N8/c1-13-10-18(20-11-19-13)26(14-2-3-14)15-6-8-24(9-7-15)17-5-4-16-22-21-12-25(16)23-17/h4-5,10-12,14-15H,2-3,6-9H2,1H3. The van der Waals surface area contributed by atoms with Crippen LogP contribution in [0.5, 0.6) is 0 Å². The molecule has 0 aromatic carbocycles. The molecule has 0 spiro atoms. The van der Waals surface area contributed by atoms with Crippen molar-refractivity contribution in [1.29, 1.82) is 0 Å². The number of rotatable bonds is 4. The molecule has 3 aromatic rings. The molecule has 2 fully saturated rings. The molecular weight excluding hydrogens is 328 g/mol. The number of hydrogen-bond donors (Lipinski definition) is 0. The average Bonchev–Trinajstić information content (AvgIpc) is 3.38. The molecule has 0 atom stereocenters. The smallest absolute Gasteiger partial charge is 0.177 e. The fourth-order valence-electron chi connectivity index (χ4n) is 3.87. The van der Waals surface area contributed by atoms with Gasteiger partial charge in [-0.3, -0.25) is 0 Å². The number of fused-ring (bicyclic) bond motifs is 1. The van der Waals surface area contributed by atoms with Gasteiger partial charge in [-0.15, -0.1) is 15.3 Å². The predicted octanol–water partition coefficient (Wildman–Crippen LogP) is 1.86. The fraction of sp³-hybridized carbons (Fsp3) is 0.500. The Kier molecular flexibility index (Phi) is 3.69. The summed E-state index contributed by atoms with van der Waals surface area (Å²) in [5.41, 5.74) is 1.81. The Morgan fingerprint density at radius 2 is 1.85 bits per heavy atom. The Morgan fingerprint density at radius 1 is 1.04 bits per heavy atom. The first-order valence-corrected chi connectivity index (χ1v) is 9.27. The Hall–Kier alpha value is -2.77. The normalized spacial score (nSPS) is 18.4. The number of hydrogen-bond acceptors (Lipinski definition) is 7. The summed E-state index contributed by atoms with van der Waals surface area (Å²) in [5.74, 6) is 2.08. The number of nitrogens with zero attached hydrogens (tertiary/aromatic N) is 8. The number of aryl methyl sites for hydroxylation is 1. The van der Waals surface area contributed by atoms with E-state index in [0.717, 1.165) is 48.9 Å². The quantitative estimate of drug-likeness (QED) is 0.711. The second-order valence-electron chi connectivity index (χ2n) is 7.20. The topological polar surface area (TPSA) is 75.3 Å². The van der Waals surface area contributed by atoms with Crippen molar-refractivity contribution in [1.82, 2.24) is 29.8 Å². The maximum absolute atomic E-state index is 4.63. The minimum Gasteiger partial charge on any atom is -0.355 e. The number of anilines is 2. The Balaban J connectivity index is 1.32. The van der Waals surface area contributed by atoms with Gasteiger partial charge < -0.3 is 9.80 Å². The second-order valence-corrected chi connectivity index (χ2v) is 7.20. The van der Waals surface area contributed by atoms with Crippen molar-refractivity contribution in [3.63, 3.8) is 0 Å². The zero-order chi connectivity index (χ0) is 17.5. The summed E-state index contributed by atoms with van der Waals surface area (Å²) in [4.78, 5) is 13.7. The molecule has 8 nitrogen and oxygen atoms in total. The minimum absolute atomic E-state index is 0.534. The van der Waals surface area contributed by atoms with Crippen LogP contribution in [0.25, 0.3) is 5.65 Å². The average molecular weight is 350 g/mol.